The molecule has 13 nitrogen and oxygen atoms in total. The average Bonchev–Trinajstić information content (AvgIpc) is 2.78. The van der Waals surface area contributed by atoms with Gasteiger partial charge in [-0.3, -0.25) is 4.79 Å². The molecular weight excluding hydrogens is 460 g/mol. The van der Waals surface area contributed by atoms with Gasteiger partial charge >= 0.3 is 0 Å². The first-order chi connectivity index (χ1) is 16.0. The molecule has 2 aromatic carbocycles. The average molecular weight is 482 g/mol. The van der Waals surface area contributed by atoms with Gasteiger partial charge in [-0.15, -0.1) is 0 Å². The van der Waals surface area contributed by atoms with Crippen molar-refractivity contribution in [1.82, 2.24) is 0 Å². The van der Waals surface area contributed by atoms with Crippen LogP contribution in [-0.2, 0) is 9.47 Å². The molecule has 0 radical (unpaired) electrons. The van der Waals surface area contributed by atoms with Crippen LogP contribution in [0.1, 0.15) is 22.0 Å². The summed E-state index contributed by atoms with van der Waals surface area (Å²) in [6.45, 7) is -0.814. The number of phenolic OH excluding ortho intramolecular Hbond substituents is 4. The number of carbonyl (C=O) groups excluding carboxylic acids is 1. The zero-order valence-electron chi connectivity index (χ0n) is 17.2. The third-order valence-electron chi connectivity index (χ3n) is 5.67. The quantitative estimate of drug-likeness (QED) is 0.176. The van der Waals surface area contributed by atoms with E-state index in [1.807, 2.05) is 0 Å². The Morgan fingerprint density at radius 3 is 2.26 bits per heavy atom. The Labute approximate surface area is 190 Å². The predicted molar refractivity (Wildman–Crippen MR) is 107 cm³/mol. The molecule has 184 valence electrons. The van der Waals surface area contributed by atoms with Gasteiger partial charge in [0.25, 0.3) is 5.79 Å². The van der Waals surface area contributed by atoms with Crippen molar-refractivity contribution in [2.24, 2.45) is 0 Å². The lowest BCUT2D eigenvalue weighted by Crippen LogP contribution is -2.63. The summed E-state index contributed by atoms with van der Waals surface area (Å²) in [5.74, 6) is -7.17. The Hall–Kier alpha value is -3.17. The number of hydrogen-bond donors (Lipinski definition) is 9. The summed E-state index contributed by atoms with van der Waals surface area (Å²) in [7, 11) is 0. The van der Waals surface area contributed by atoms with E-state index in [-0.39, 0.29) is 11.3 Å². The Morgan fingerprint density at radius 2 is 1.62 bits per heavy atom. The van der Waals surface area contributed by atoms with E-state index in [0.29, 0.717) is 0 Å². The van der Waals surface area contributed by atoms with Gasteiger partial charge < -0.3 is 60.2 Å². The van der Waals surface area contributed by atoms with Crippen LogP contribution < -0.4 is 4.74 Å². The van der Waals surface area contributed by atoms with Crippen molar-refractivity contribution >= 4 is 5.78 Å². The van der Waals surface area contributed by atoms with Gasteiger partial charge in [0, 0.05) is 17.7 Å². The molecule has 13 heteroatoms. The van der Waals surface area contributed by atoms with E-state index in [2.05, 4.69) is 0 Å². The van der Waals surface area contributed by atoms with Crippen LogP contribution in [0.25, 0.3) is 0 Å². The number of ether oxygens (including phenoxy) is 3. The summed E-state index contributed by atoms with van der Waals surface area (Å²) in [4.78, 5) is 13.4. The summed E-state index contributed by atoms with van der Waals surface area (Å²) in [6, 6.07) is 4.93. The first-order valence-electron chi connectivity index (χ1n) is 9.98. The van der Waals surface area contributed by atoms with E-state index < -0.39 is 83.5 Å². The molecule has 0 amide bonds. The molecule has 2 heterocycles. The van der Waals surface area contributed by atoms with Gasteiger partial charge in [0.15, 0.2) is 23.9 Å². The number of aliphatic hydroxyl groups excluding tert-OH is 4. The number of aromatic hydroxyl groups is 4. The molecule has 0 saturated carbocycles. The Balaban J connectivity index is 1.81. The molecule has 34 heavy (non-hydrogen) atoms. The highest BCUT2D eigenvalue weighted by molar-refractivity contribution is 6.07. The topological polar surface area (TPSA) is 227 Å². The van der Waals surface area contributed by atoms with Crippen LogP contribution in [0.4, 0.5) is 0 Å². The second kappa shape index (κ2) is 8.56. The minimum Gasteiger partial charge on any atom is -0.508 e. The predicted octanol–water partition coefficient (Wildman–Crippen LogP) is -1.67. The molecule has 2 unspecified atom stereocenters. The third-order valence-corrected chi connectivity index (χ3v) is 5.67. The number of benzene rings is 2. The van der Waals surface area contributed by atoms with Gasteiger partial charge in [-0.25, -0.2) is 0 Å². The summed E-state index contributed by atoms with van der Waals surface area (Å²) < 4.78 is 16.2. The zero-order chi connectivity index (χ0) is 24.9. The second-order valence-corrected chi connectivity index (χ2v) is 7.92. The normalized spacial score (nSPS) is 33.3. The number of rotatable bonds is 4. The van der Waals surface area contributed by atoms with Crippen molar-refractivity contribution in [2.45, 2.75) is 42.6 Å². The first-order valence-corrected chi connectivity index (χ1v) is 9.98. The maximum atomic E-state index is 13.4. The van der Waals surface area contributed by atoms with E-state index in [1.165, 1.54) is 6.07 Å². The standard InChI is InChI=1S/C21H22O13/c22-6-13-15(27)16(28)17(29)20(33-13)34-21(31)18(30)14-11(26)4-8(23)5-12(14)32-19(21)7-1-2-9(24)10(25)3-7/h1-5,13,15-17,19-20,22-29,31H,6H2/t13-,15-,16+,17-,19?,20+,21?/m1/s1. The molecule has 0 spiro atoms. The largest absolute Gasteiger partial charge is 0.508 e. The summed E-state index contributed by atoms with van der Waals surface area (Å²) in [5, 5.41) is 90.6. The van der Waals surface area contributed by atoms with Crippen molar-refractivity contribution in [3.05, 3.63) is 41.5 Å². The highest BCUT2D eigenvalue weighted by Gasteiger charge is 2.58. The lowest BCUT2D eigenvalue weighted by Gasteiger charge is -2.45. The van der Waals surface area contributed by atoms with Gasteiger partial charge in [-0.2, -0.15) is 0 Å². The SMILES string of the molecule is O=C1c2c(O)cc(O)cc2OC(c2ccc(O)c(O)c2)C1(O)O[C@@H]1O[C@H](CO)[C@@H](O)[C@H](O)[C@H]1O. The van der Waals surface area contributed by atoms with Crippen LogP contribution in [0.2, 0.25) is 0 Å². The van der Waals surface area contributed by atoms with E-state index in [4.69, 9.17) is 14.2 Å². The van der Waals surface area contributed by atoms with E-state index in [9.17, 15) is 50.8 Å². The number of carbonyl (C=O) groups is 1. The van der Waals surface area contributed by atoms with Crippen molar-refractivity contribution in [1.29, 1.82) is 0 Å². The number of phenols is 4. The molecule has 7 atom stereocenters. The first kappa shape index (κ1) is 24.0. The molecule has 2 aliphatic heterocycles. The number of fused-ring (bicyclic) bond motifs is 1. The molecule has 9 N–H and O–H groups in total. The lowest BCUT2D eigenvalue weighted by molar-refractivity contribution is -0.361. The minimum absolute atomic E-state index is 0.121. The van der Waals surface area contributed by atoms with Crippen LogP contribution in [0.3, 0.4) is 0 Å². The smallest absolute Gasteiger partial charge is 0.276 e. The van der Waals surface area contributed by atoms with E-state index >= 15 is 0 Å². The molecule has 0 aromatic heterocycles. The summed E-state index contributed by atoms with van der Waals surface area (Å²) in [6.07, 6.45) is -10.9. The Morgan fingerprint density at radius 1 is 0.912 bits per heavy atom. The fourth-order valence-corrected chi connectivity index (χ4v) is 3.87. The maximum Gasteiger partial charge on any atom is 0.276 e. The van der Waals surface area contributed by atoms with Crippen molar-refractivity contribution < 1.29 is 65.0 Å². The van der Waals surface area contributed by atoms with Gasteiger partial charge in [-0.05, 0) is 12.1 Å². The third kappa shape index (κ3) is 3.78. The lowest BCUT2D eigenvalue weighted by atomic mass is 9.89. The van der Waals surface area contributed by atoms with Crippen LogP contribution in [0.5, 0.6) is 28.7 Å². The Bertz CT molecular complexity index is 1100. The fourth-order valence-electron chi connectivity index (χ4n) is 3.87. The van der Waals surface area contributed by atoms with Crippen molar-refractivity contribution in [3.63, 3.8) is 0 Å². The number of hydrogen-bond acceptors (Lipinski definition) is 13. The maximum absolute atomic E-state index is 13.4. The highest BCUT2D eigenvalue weighted by atomic mass is 16.8. The monoisotopic (exact) mass is 482 g/mol. The number of ketones is 1. The molecular formula is C21H22O13. The molecule has 0 aliphatic carbocycles. The molecule has 1 saturated heterocycles. The van der Waals surface area contributed by atoms with Crippen LogP contribution >= 0.6 is 0 Å². The van der Waals surface area contributed by atoms with E-state index in [1.54, 1.807) is 0 Å². The zero-order valence-corrected chi connectivity index (χ0v) is 17.2. The van der Waals surface area contributed by atoms with Crippen molar-refractivity contribution in [2.75, 3.05) is 6.61 Å². The number of aliphatic hydroxyl groups is 5. The molecule has 2 aliphatic rings. The molecule has 1 fully saturated rings. The van der Waals surface area contributed by atoms with Gasteiger partial charge in [0.05, 0.1) is 6.61 Å². The summed E-state index contributed by atoms with van der Waals surface area (Å²) in [5.41, 5.74) is -0.714. The molecule has 2 aromatic rings. The molecule has 0 bridgehead atoms. The second-order valence-electron chi connectivity index (χ2n) is 7.92. The highest BCUT2D eigenvalue weighted by Crippen LogP contribution is 2.48. The Kier molecular flexibility index (Phi) is 6.03. The van der Waals surface area contributed by atoms with Gasteiger partial charge in [0.1, 0.15) is 47.2 Å². The van der Waals surface area contributed by atoms with E-state index in [0.717, 1.165) is 24.3 Å². The minimum atomic E-state index is -3.08. The van der Waals surface area contributed by atoms with Gasteiger partial charge in [0.2, 0.25) is 5.78 Å². The fraction of sp³-hybridized carbons (Fsp3) is 0.381. The number of Topliss-reactive ketones (excluding diaryl/α,β-unsaturated/α-hetero) is 1. The van der Waals surface area contributed by atoms with Crippen molar-refractivity contribution in [3.8, 4) is 28.7 Å². The summed E-state index contributed by atoms with van der Waals surface area (Å²) >= 11 is 0. The molecule has 4 rings (SSSR count). The van der Waals surface area contributed by atoms with Crippen LogP contribution in [0.15, 0.2) is 30.3 Å². The van der Waals surface area contributed by atoms with Gasteiger partial charge in [-0.1, -0.05) is 6.07 Å². The van der Waals surface area contributed by atoms with Crippen LogP contribution in [0, 0.1) is 0 Å². The van der Waals surface area contributed by atoms with Crippen LogP contribution in [-0.4, -0.2) is 94.8 Å².